The molecule has 0 aliphatic heterocycles. The third-order valence-corrected chi connectivity index (χ3v) is 4.18. The molecule has 7 heteroatoms. The lowest BCUT2D eigenvalue weighted by atomic mass is 10.0. The lowest BCUT2D eigenvalue weighted by Crippen LogP contribution is -2.34. The van der Waals surface area contributed by atoms with Gasteiger partial charge in [0.05, 0.1) is 6.42 Å². The highest BCUT2D eigenvalue weighted by Gasteiger charge is 2.21. The van der Waals surface area contributed by atoms with E-state index in [9.17, 15) is 14.7 Å². The Morgan fingerprint density at radius 2 is 1.88 bits per heavy atom. The van der Waals surface area contributed by atoms with Crippen LogP contribution in [0.1, 0.15) is 6.42 Å². The minimum absolute atomic E-state index is 0.332. The summed E-state index contributed by atoms with van der Waals surface area (Å²) < 4.78 is 0. The topological polar surface area (TPSA) is 105 Å². The standard InChI is InChI=1S/C19H16ClN3O3/c20-12-5-3-4-11(8-12)15-10-22-18(14-7-2-1-6-13(14)15)23-16(19(25)26)9-17(21)24/h1-8,10,16H,9H2,(H2,21,24)(H,22,23)(H,25,26). The fourth-order valence-electron chi connectivity index (χ4n) is 2.76. The number of aromatic nitrogens is 1. The Morgan fingerprint density at radius 3 is 2.54 bits per heavy atom. The number of hydrogen-bond acceptors (Lipinski definition) is 4. The number of aliphatic carboxylic acids is 1. The molecule has 2 aromatic carbocycles. The molecule has 1 aromatic heterocycles. The first kappa shape index (κ1) is 17.7. The number of nitrogens with one attached hydrogen (secondary N) is 1. The van der Waals surface area contributed by atoms with Crippen molar-refractivity contribution < 1.29 is 14.7 Å². The number of carbonyl (C=O) groups is 2. The van der Waals surface area contributed by atoms with Gasteiger partial charge in [-0.15, -0.1) is 0 Å². The third-order valence-electron chi connectivity index (χ3n) is 3.95. The van der Waals surface area contributed by atoms with Gasteiger partial charge in [-0.05, 0) is 23.1 Å². The van der Waals surface area contributed by atoms with Gasteiger partial charge in [-0.3, -0.25) is 4.79 Å². The summed E-state index contributed by atoms with van der Waals surface area (Å²) in [5.41, 5.74) is 6.91. The van der Waals surface area contributed by atoms with Crippen LogP contribution in [0.15, 0.2) is 54.7 Å². The molecule has 1 heterocycles. The zero-order chi connectivity index (χ0) is 18.7. The number of carboxylic acid groups (broad SMARTS) is 1. The maximum atomic E-state index is 11.4. The normalized spacial score (nSPS) is 11.9. The van der Waals surface area contributed by atoms with Gasteiger partial charge in [0.2, 0.25) is 5.91 Å². The van der Waals surface area contributed by atoms with Gasteiger partial charge in [0.25, 0.3) is 0 Å². The van der Waals surface area contributed by atoms with Gasteiger partial charge in [-0.25, -0.2) is 9.78 Å². The van der Waals surface area contributed by atoms with Gasteiger partial charge in [0.1, 0.15) is 11.9 Å². The van der Waals surface area contributed by atoms with Gasteiger partial charge in [0, 0.05) is 22.2 Å². The number of hydrogen-bond donors (Lipinski definition) is 3. The smallest absolute Gasteiger partial charge is 0.326 e. The molecular weight excluding hydrogens is 354 g/mol. The molecule has 4 N–H and O–H groups in total. The number of benzene rings is 2. The second kappa shape index (κ2) is 7.41. The molecule has 1 atom stereocenters. The predicted octanol–water partition coefficient (Wildman–Crippen LogP) is 3.30. The van der Waals surface area contributed by atoms with Crippen LogP contribution in [0, 0.1) is 0 Å². The van der Waals surface area contributed by atoms with Crippen molar-refractivity contribution in [2.75, 3.05) is 5.32 Å². The van der Waals surface area contributed by atoms with E-state index < -0.39 is 17.9 Å². The number of amides is 1. The maximum Gasteiger partial charge on any atom is 0.326 e. The van der Waals surface area contributed by atoms with E-state index in [2.05, 4.69) is 10.3 Å². The largest absolute Gasteiger partial charge is 0.480 e. The number of rotatable bonds is 6. The van der Waals surface area contributed by atoms with Crippen molar-refractivity contribution in [2.45, 2.75) is 12.5 Å². The molecule has 0 spiro atoms. The minimum atomic E-state index is -1.17. The first-order valence-corrected chi connectivity index (χ1v) is 8.25. The monoisotopic (exact) mass is 369 g/mol. The van der Waals surface area contributed by atoms with E-state index in [0.717, 1.165) is 21.9 Å². The summed E-state index contributed by atoms with van der Waals surface area (Å²) in [6.45, 7) is 0. The zero-order valence-electron chi connectivity index (χ0n) is 13.6. The van der Waals surface area contributed by atoms with Crippen molar-refractivity contribution >= 4 is 40.1 Å². The predicted molar refractivity (Wildman–Crippen MR) is 101 cm³/mol. The highest BCUT2D eigenvalue weighted by Crippen LogP contribution is 2.32. The van der Waals surface area contributed by atoms with Crippen LogP contribution in [-0.4, -0.2) is 28.0 Å². The first-order valence-electron chi connectivity index (χ1n) is 7.87. The molecule has 0 saturated heterocycles. The van der Waals surface area contributed by atoms with Crippen molar-refractivity contribution in [2.24, 2.45) is 5.73 Å². The zero-order valence-corrected chi connectivity index (χ0v) is 14.4. The lowest BCUT2D eigenvalue weighted by molar-refractivity contribution is -0.139. The van der Waals surface area contributed by atoms with E-state index in [4.69, 9.17) is 17.3 Å². The Bertz CT molecular complexity index is 991. The number of anilines is 1. The van der Waals surface area contributed by atoms with Gasteiger partial charge in [-0.1, -0.05) is 48.0 Å². The number of nitrogens with two attached hydrogens (primary N) is 1. The van der Waals surface area contributed by atoms with Crippen LogP contribution in [0.2, 0.25) is 5.02 Å². The summed E-state index contributed by atoms with van der Waals surface area (Å²) in [6.07, 6.45) is 1.32. The van der Waals surface area contributed by atoms with E-state index in [0.29, 0.717) is 10.8 Å². The van der Waals surface area contributed by atoms with Crippen LogP contribution in [0.5, 0.6) is 0 Å². The summed E-state index contributed by atoms with van der Waals surface area (Å²) in [5.74, 6) is -1.50. The molecule has 0 aliphatic rings. The summed E-state index contributed by atoms with van der Waals surface area (Å²) in [5, 5.41) is 14.3. The fraction of sp³-hybridized carbons (Fsp3) is 0.105. The Hall–Kier alpha value is -3.12. The van der Waals surface area contributed by atoms with Crippen LogP contribution < -0.4 is 11.1 Å². The molecule has 1 amide bonds. The van der Waals surface area contributed by atoms with Gasteiger partial charge in [-0.2, -0.15) is 0 Å². The number of halogens is 1. The summed E-state index contributed by atoms with van der Waals surface area (Å²) >= 11 is 6.09. The second-order valence-electron chi connectivity index (χ2n) is 5.78. The quantitative estimate of drug-likeness (QED) is 0.618. The number of nitrogens with zero attached hydrogens (tertiary/aromatic N) is 1. The minimum Gasteiger partial charge on any atom is -0.480 e. The molecule has 0 saturated carbocycles. The van der Waals surface area contributed by atoms with E-state index in [1.54, 1.807) is 12.3 Å². The highest BCUT2D eigenvalue weighted by atomic mass is 35.5. The number of fused-ring (bicyclic) bond motifs is 1. The SMILES string of the molecule is NC(=O)CC(Nc1ncc(-c2cccc(Cl)c2)c2ccccc12)C(=O)O. The lowest BCUT2D eigenvalue weighted by Gasteiger charge is -2.16. The molecule has 0 bridgehead atoms. The van der Waals surface area contributed by atoms with Crippen LogP contribution in [0.4, 0.5) is 5.82 Å². The van der Waals surface area contributed by atoms with Crippen molar-refractivity contribution in [1.82, 2.24) is 4.98 Å². The van der Waals surface area contributed by atoms with Crippen molar-refractivity contribution in [3.63, 3.8) is 0 Å². The molecule has 3 aromatic rings. The number of pyridine rings is 1. The van der Waals surface area contributed by atoms with Crippen molar-refractivity contribution in [1.29, 1.82) is 0 Å². The Balaban J connectivity index is 2.08. The molecule has 6 nitrogen and oxygen atoms in total. The highest BCUT2D eigenvalue weighted by molar-refractivity contribution is 6.30. The Kier molecular flexibility index (Phi) is 5.04. The molecule has 0 aliphatic carbocycles. The van der Waals surface area contributed by atoms with Gasteiger partial charge < -0.3 is 16.2 Å². The average molecular weight is 370 g/mol. The number of carbonyl (C=O) groups excluding carboxylic acids is 1. The maximum absolute atomic E-state index is 11.4. The molecule has 1 unspecified atom stereocenters. The molecule has 26 heavy (non-hydrogen) atoms. The fourth-order valence-corrected chi connectivity index (χ4v) is 2.95. The van der Waals surface area contributed by atoms with Crippen LogP contribution >= 0.6 is 11.6 Å². The molecule has 0 radical (unpaired) electrons. The number of primary amides is 1. The molecular formula is C19H16ClN3O3. The first-order chi connectivity index (χ1) is 12.5. The van der Waals surface area contributed by atoms with E-state index >= 15 is 0 Å². The van der Waals surface area contributed by atoms with E-state index in [-0.39, 0.29) is 6.42 Å². The summed E-state index contributed by atoms with van der Waals surface area (Å²) in [6, 6.07) is 13.7. The summed E-state index contributed by atoms with van der Waals surface area (Å²) in [7, 11) is 0. The number of carboxylic acids is 1. The van der Waals surface area contributed by atoms with Crippen LogP contribution in [0.25, 0.3) is 21.9 Å². The molecule has 3 rings (SSSR count). The van der Waals surface area contributed by atoms with E-state index in [1.807, 2.05) is 42.5 Å². The van der Waals surface area contributed by atoms with Crippen LogP contribution in [-0.2, 0) is 9.59 Å². The van der Waals surface area contributed by atoms with Crippen molar-refractivity contribution in [3.8, 4) is 11.1 Å². The van der Waals surface area contributed by atoms with Gasteiger partial charge in [0.15, 0.2) is 0 Å². The molecule has 132 valence electrons. The van der Waals surface area contributed by atoms with Crippen LogP contribution in [0.3, 0.4) is 0 Å². The summed E-state index contributed by atoms with van der Waals surface area (Å²) in [4.78, 5) is 26.9. The Labute approximate surface area is 154 Å². The second-order valence-corrected chi connectivity index (χ2v) is 6.22. The van der Waals surface area contributed by atoms with E-state index in [1.165, 1.54) is 0 Å². The van der Waals surface area contributed by atoms with Crippen molar-refractivity contribution in [3.05, 3.63) is 59.8 Å². The van der Waals surface area contributed by atoms with Gasteiger partial charge >= 0.3 is 5.97 Å². The average Bonchev–Trinajstić information content (AvgIpc) is 2.61. The third kappa shape index (κ3) is 3.75. The molecule has 0 fully saturated rings. The Morgan fingerprint density at radius 1 is 1.15 bits per heavy atom.